The van der Waals surface area contributed by atoms with E-state index in [4.69, 9.17) is 12.2 Å². The number of nitriles is 1. The third-order valence-corrected chi connectivity index (χ3v) is 8.20. The summed E-state index contributed by atoms with van der Waals surface area (Å²) in [6.45, 7) is 9.55. The number of amides is 1. The summed E-state index contributed by atoms with van der Waals surface area (Å²) in [4.78, 5) is 33.6. The number of carbonyl (C=O) groups is 1. The molecule has 0 spiro atoms. The van der Waals surface area contributed by atoms with Crippen LogP contribution in [0, 0.1) is 18.3 Å². The quantitative estimate of drug-likeness (QED) is 0.418. The first kappa shape index (κ1) is 26.1. The van der Waals surface area contributed by atoms with E-state index in [0.29, 0.717) is 21.3 Å². The van der Waals surface area contributed by atoms with E-state index in [1.54, 1.807) is 16.4 Å². The highest BCUT2D eigenvalue weighted by Crippen LogP contribution is 2.39. The molecule has 1 aromatic carbocycles. The number of hydrogen-bond acceptors (Lipinski definition) is 7. The minimum Gasteiger partial charge on any atom is -0.355 e. The van der Waals surface area contributed by atoms with Gasteiger partial charge in [0.25, 0.3) is 11.5 Å². The van der Waals surface area contributed by atoms with E-state index in [-0.39, 0.29) is 23.1 Å². The Labute approximate surface area is 222 Å². The summed E-state index contributed by atoms with van der Waals surface area (Å²) in [5.41, 5.74) is 2.21. The SMILES string of the molecule is CCCn1c(N2CCN(C)CC2)c(C=C2SC(=S)N(C(C)c3ccccc3)C2=O)c(C)c(C#N)c1=O. The van der Waals surface area contributed by atoms with Crippen LogP contribution in [0.4, 0.5) is 5.82 Å². The molecule has 0 bridgehead atoms. The van der Waals surface area contributed by atoms with E-state index in [1.807, 2.05) is 50.3 Å². The van der Waals surface area contributed by atoms with Gasteiger partial charge >= 0.3 is 0 Å². The monoisotopic (exact) mass is 521 g/mol. The molecule has 2 fully saturated rings. The van der Waals surface area contributed by atoms with Gasteiger partial charge in [0, 0.05) is 38.3 Å². The maximum Gasteiger partial charge on any atom is 0.270 e. The van der Waals surface area contributed by atoms with Crippen LogP contribution < -0.4 is 10.5 Å². The number of nitrogens with zero attached hydrogens (tertiary/aromatic N) is 5. The molecule has 2 aliphatic rings. The van der Waals surface area contributed by atoms with Gasteiger partial charge in [0.15, 0.2) is 0 Å². The van der Waals surface area contributed by atoms with E-state index < -0.39 is 0 Å². The van der Waals surface area contributed by atoms with Gasteiger partial charge < -0.3 is 9.80 Å². The van der Waals surface area contributed by atoms with Gasteiger partial charge in [-0.3, -0.25) is 19.1 Å². The molecule has 9 heteroatoms. The summed E-state index contributed by atoms with van der Waals surface area (Å²) >= 11 is 6.90. The van der Waals surface area contributed by atoms with Crippen LogP contribution >= 0.6 is 24.0 Å². The molecule has 0 aliphatic carbocycles. The van der Waals surface area contributed by atoms with Crippen LogP contribution in [-0.2, 0) is 11.3 Å². The van der Waals surface area contributed by atoms with Crippen LogP contribution in [0.25, 0.3) is 6.08 Å². The summed E-state index contributed by atoms with van der Waals surface area (Å²) < 4.78 is 2.22. The van der Waals surface area contributed by atoms with Crippen molar-refractivity contribution in [2.24, 2.45) is 0 Å². The van der Waals surface area contributed by atoms with Crippen molar-refractivity contribution < 1.29 is 4.79 Å². The lowest BCUT2D eigenvalue weighted by molar-refractivity contribution is -0.123. The molecular formula is C27H31N5O2S2. The van der Waals surface area contributed by atoms with Gasteiger partial charge in [0.2, 0.25) is 0 Å². The zero-order valence-corrected chi connectivity index (χ0v) is 22.8. The molecule has 188 valence electrons. The van der Waals surface area contributed by atoms with Crippen LogP contribution in [0.1, 0.15) is 48.6 Å². The minimum atomic E-state index is -0.270. The van der Waals surface area contributed by atoms with Gasteiger partial charge in [-0.15, -0.1) is 0 Å². The van der Waals surface area contributed by atoms with Crippen LogP contribution in [0.15, 0.2) is 40.0 Å². The van der Waals surface area contributed by atoms with E-state index in [9.17, 15) is 14.9 Å². The second-order valence-corrected chi connectivity index (χ2v) is 10.9. The van der Waals surface area contributed by atoms with Crippen molar-refractivity contribution >= 4 is 46.1 Å². The normalized spacial score (nSPS) is 18.7. The zero-order chi connectivity index (χ0) is 26.0. The lowest BCUT2D eigenvalue weighted by atomic mass is 10.0. The van der Waals surface area contributed by atoms with Crippen LogP contribution in [0.5, 0.6) is 0 Å². The number of likely N-dealkylation sites (N-methyl/N-ethyl adjacent to an activating group) is 1. The van der Waals surface area contributed by atoms with E-state index in [2.05, 4.69) is 22.9 Å². The van der Waals surface area contributed by atoms with Gasteiger partial charge in [-0.05, 0) is 44.5 Å². The number of aromatic nitrogens is 1. The number of anilines is 1. The lowest BCUT2D eigenvalue weighted by Crippen LogP contribution is -2.47. The molecule has 1 atom stereocenters. The molecule has 7 nitrogen and oxygen atoms in total. The fourth-order valence-electron chi connectivity index (χ4n) is 4.76. The maximum atomic E-state index is 13.6. The lowest BCUT2D eigenvalue weighted by Gasteiger charge is -2.36. The summed E-state index contributed by atoms with van der Waals surface area (Å²) in [5, 5.41) is 9.84. The second kappa shape index (κ2) is 11.0. The predicted octanol–water partition coefficient (Wildman–Crippen LogP) is 4.15. The summed E-state index contributed by atoms with van der Waals surface area (Å²) in [6.07, 6.45) is 2.59. The molecule has 0 radical (unpaired) electrons. The number of carbonyl (C=O) groups excluding carboxylic acids is 1. The number of benzene rings is 1. The Morgan fingerprint density at radius 2 is 1.83 bits per heavy atom. The molecule has 4 rings (SSSR count). The Morgan fingerprint density at radius 3 is 2.44 bits per heavy atom. The van der Waals surface area contributed by atoms with E-state index in [0.717, 1.165) is 49.5 Å². The molecule has 1 unspecified atom stereocenters. The molecule has 2 saturated heterocycles. The minimum absolute atomic E-state index is 0.126. The van der Waals surface area contributed by atoms with Crippen molar-refractivity contribution in [1.82, 2.24) is 14.4 Å². The molecule has 0 saturated carbocycles. The van der Waals surface area contributed by atoms with Crippen molar-refractivity contribution in [3.8, 4) is 6.07 Å². The molecule has 0 N–H and O–H groups in total. The average Bonchev–Trinajstić information content (AvgIpc) is 3.15. The molecule has 1 amide bonds. The smallest absolute Gasteiger partial charge is 0.270 e. The highest BCUT2D eigenvalue weighted by Gasteiger charge is 2.37. The topological polar surface area (TPSA) is 72.6 Å². The highest BCUT2D eigenvalue weighted by molar-refractivity contribution is 8.26. The fraction of sp³-hybridized carbons (Fsp3) is 0.407. The Kier molecular flexibility index (Phi) is 7.98. The van der Waals surface area contributed by atoms with E-state index in [1.165, 1.54) is 11.8 Å². The van der Waals surface area contributed by atoms with Gasteiger partial charge in [-0.2, -0.15) is 5.26 Å². The Morgan fingerprint density at radius 1 is 1.17 bits per heavy atom. The maximum absolute atomic E-state index is 13.6. The number of piperazine rings is 1. The predicted molar refractivity (Wildman–Crippen MR) is 150 cm³/mol. The van der Waals surface area contributed by atoms with Crippen molar-refractivity contribution in [3.05, 3.63) is 67.8 Å². The van der Waals surface area contributed by atoms with Crippen LogP contribution in [0.3, 0.4) is 0 Å². The third kappa shape index (κ3) is 4.85. The Balaban J connectivity index is 1.84. The van der Waals surface area contributed by atoms with Gasteiger partial charge in [-0.25, -0.2) is 0 Å². The van der Waals surface area contributed by atoms with Crippen molar-refractivity contribution in [1.29, 1.82) is 5.26 Å². The van der Waals surface area contributed by atoms with Crippen LogP contribution in [-0.4, -0.2) is 57.8 Å². The number of thiocarbonyl (C=S) groups is 1. The molecule has 1 aromatic heterocycles. The van der Waals surface area contributed by atoms with Crippen molar-refractivity contribution in [2.75, 3.05) is 38.1 Å². The van der Waals surface area contributed by atoms with Crippen molar-refractivity contribution in [3.63, 3.8) is 0 Å². The first-order valence-corrected chi connectivity index (χ1v) is 13.4. The summed E-state index contributed by atoms with van der Waals surface area (Å²) in [7, 11) is 2.08. The first-order chi connectivity index (χ1) is 17.3. The Hall–Kier alpha value is -2.93. The third-order valence-electron chi connectivity index (χ3n) is 6.86. The molecule has 3 heterocycles. The van der Waals surface area contributed by atoms with Crippen LogP contribution in [0.2, 0.25) is 0 Å². The molecule has 2 aliphatic heterocycles. The number of rotatable bonds is 6. The van der Waals surface area contributed by atoms with Gasteiger partial charge in [0.1, 0.15) is 21.8 Å². The van der Waals surface area contributed by atoms with Gasteiger partial charge in [-0.1, -0.05) is 61.2 Å². The molecule has 36 heavy (non-hydrogen) atoms. The first-order valence-electron chi connectivity index (χ1n) is 12.2. The highest BCUT2D eigenvalue weighted by atomic mass is 32.2. The number of hydrogen-bond donors (Lipinski definition) is 0. The second-order valence-electron chi connectivity index (χ2n) is 9.23. The largest absolute Gasteiger partial charge is 0.355 e. The standard InChI is InChI=1S/C27H31N5O2S2/c1-5-11-31-24(30-14-12-29(4)13-15-30)21(18(2)22(17-28)25(31)33)16-23-26(34)32(27(35)36-23)19(3)20-9-7-6-8-10-20/h6-10,16,19H,5,11-15H2,1-4H3. The number of pyridine rings is 1. The average molecular weight is 522 g/mol. The Bertz CT molecular complexity index is 1300. The fourth-order valence-corrected chi connectivity index (χ4v) is 6.16. The summed E-state index contributed by atoms with van der Waals surface area (Å²) in [5.74, 6) is 0.629. The molecular weight excluding hydrogens is 490 g/mol. The van der Waals surface area contributed by atoms with E-state index >= 15 is 0 Å². The van der Waals surface area contributed by atoms with Crippen molar-refractivity contribution in [2.45, 2.75) is 39.8 Å². The summed E-state index contributed by atoms with van der Waals surface area (Å²) in [6, 6.07) is 11.7. The molecule has 2 aromatic rings. The zero-order valence-electron chi connectivity index (χ0n) is 21.2. The van der Waals surface area contributed by atoms with Gasteiger partial charge in [0.05, 0.1) is 10.9 Å². The number of thioether (sulfide) groups is 1.